The Bertz CT molecular complexity index is 316. The van der Waals surface area contributed by atoms with E-state index in [2.05, 4.69) is 31.0 Å². The van der Waals surface area contributed by atoms with Gasteiger partial charge >= 0.3 is 5.97 Å². The average molecular weight is 298 g/mol. The van der Waals surface area contributed by atoms with E-state index in [1.54, 1.807) is 0 Å². The molecule has 1 aliphatic rings. The first-order chi connectivity index (χ1) is 9.91. The second kappa shape index (κ2) is 8.74. The molecule has 0 aromatic heterocycles. The van der Waals surface area contributed by atoms with Crippen LogP contribution in [0.3, 0.4) is 0 Å². The topological polar surface area (TPSA) is 41.6 Å². The van der Waals surface area contributed by atoms with Crippen LogP contribution in [0.2, 0.25) is 0 Å². The maximum Gasteiger partial charge on any atom is 0.326 e. The van der Waals surface area contributed by atoms with E-state index < -0.39 is 5.54 Å². The molecule has 0 saturated heterocycles. The van der Waals surface area contributed by atoms with Gasteiger partial charge < -0.3 is 9.64 Å². The number of hydrogen-bond donors (Lipinski definition) is 1. The van der Waals surface area contributed by atoms with Gasteiger partial charge in [0.25, 0.3) is 0 Å². The smallest absolute Gasteiger partial charge is 0.326 e. The van der Waals surface area contributed by atoms with Gasteiger partial charge in [0.1, 0.15) is 5.54 Å². The minimum absolute atomic E-state index is 0.0937. The first-order valence-corrected chi connectivity index (χ1v) is 8.58. The van der Waals surface area contributed by atoms with E-state index >= 15 is 0 Å². The summed E-state index contributed by atoms with van der Waals surface area (Å²) in [5.74, 6) is 0.592. The summed E-state index contributed by atoms with van der Waals surface area (Å²) in [5.41, 5.74) is -0.519. The maximum atomic E-state index is 12.3. The Hall–Kier alpha value is -0.610. The first kappa shape index (κ1) is 18.4. The van der Waals surface area contributed by atoms with Crippen molar-refractivity contribution in [2.75, 3.05) is 26.2 Å². The Kier molecular flexibility index (Phi) is 7.67. The molecule has 1 unspecified atom stereocenters. The third-order valence-corrected chi connectivity index (χ3v) is 4.05. The number of carbonyl (C=O) groups is 1. The molecule has 0 aromatic rings. The molecule has 0 aromatic carbocycles. The summed E-state index contributed by atoms with van der Waals surface area (Å²) in [5, 5.41) is 3.49. The van der Waals surface area contributed by atoms with Crippen molar-refractivity contribution in [3.63, 3.8) is 0 Å². The number of hydrogen-bond acceptors (Lipinski definition) is 4. The Morgan fingerprint density at radius 3 is 2.52 bits per heavy atom. The van der Waals surface area contributed by atoms with Gasteiger partial charge in [-0.15, -0.1) is 0 Å². The van der Waals surface area contributed by atoms with Gasteiger partial charge in [-0.25, -0.2) is 0 Å². The van der Waals surface area contributed by atoms with E-state index in [9.17, 15) is 4.79 Å². The molecule has 21 heavy (non-hydrogen) atoms. The van der Waals surface area contributed by atoms with E-state index in [1.165, 1.54) is 12.8 Å². The molecule has 1 saturated carbocycles. The fraction of sp³-hybridized carbons (Fsp3) is 0.941. The van der Waals surface area contributed by atoms with Crippen LogP contribution in [-0.4, -0.2) is 48.7 Å². The summed E-state index contributed by atoms with van der Waals surface area (Å²) in [6.07, 6.45) is 4.24. The maximum absolute atomic E-state index is 12.3. The fourth-order valence-electron chi connectivity index (χ4n) is 2.75. The molecule has 0 radical (unpaired) electrons. The molecule has 1 atom stereocenters. The summed E-state index contributed by atoms with van der Waals surface area (Å²) in [7, 11) is 0. The highest BCUT2D eigenvalue weighted by Gasteiger charge is 2.39. The third kappa shape index (κ3) is 6.79. The molecule has 1 aliphatic carbocycles. The molecule has 0 aliphatic heterocycles. The Morgan fingerprint density at radius 1 is 1.38 bits per heavy atom. The molecule has 0 bridgehead atoms. The van der Waals surface area contributed by atoms with Crippen LogP contribution < -0.4 is 5.32 Å². The van der Waals surface area contributed by atoms with Gasteiger partial charge in [0.05, 0.1) is 6.61 Å². The first-order valence-electron chi connectivity index (χ1n) is 8.58. The second-order valence-electron chi connectivity index (χ2n) is 6.86. The zero-order valence-corrected chi connectivity index (χ0v) is 14.6. The highest BCUT2D eigenvalue weighted by Crippen LogP contribution is 2.26. The molecule has 1 N–H and O–H groups in total. The van der Waals surface area contributed by atoms with Crippen LogP contribution >= 0.6 is 0 Å². The summed E-state index contributed by atoms with van der Waals surface area (Å²) in [6.45, 7) is 14.3. The van der Waals surface area contributed by atoms with Crippen molar-refractivity contribution in [3.8, 4) is 0 Å². The standard InChI is InChI=1S/C17H34N2O2/c1-6-19(13-14(3)4)12-8-11-17(5,16(20)21-7-2)18-15-9-10-15/h14-15,18H,6-13H2,1-5H3. The van der Waals surface area contributed by atoms with Crippen LogP contribution in [0.15, 0.2) is 0 Å². The lowest BCUT2D eigenvalue weighted by molar-refractivity contribution is -0.151. The SMILES string of the molecule is CCOC(=O)C(C)(CCCN(CC)CC(C)C)NC1CC1. The van der Waals surface area contributed by atoms with Gasteiger partial charge in [0.15, 0.2) is 0 Å². The van der Waals surface area contributed by atoms with Crippen LogP contribution in [0.4, 0.5) is 0 Å². The van der Waals surface area contributed by atoms with Crippen molar-refractivity contribution >= 4 is 5.97 Å². The third-order valence-electron chi connectivity index (χ3n) is 4.05. The number of carbonyl (C=O) groups excluding carboxylic acids is 1. The highest BCUT2D eigenvalue weighted by atomic mass is 16.5. The number of esters is 1. The van der Waals surface area contributed by atoms with Crippen LogP contribution in [0.1, 0.15) is 60.3 Å². The number of nitrogens with one attached hydrogen (secondary N) is 1. The minimum Gasteiger partial charge on any atom is -0.465 e. The predicted octanol–water partition coefficient (Wildman–Crippen LogP) is 2.82. The van der Waals surface area contributed by atoms with Gasteiger partial charge in [-0.3, -0.25) is 10.1 Å². The van der Waals surface area contributed by atoms with Crippen LogP contribution in [0, 0.1) is 5.92 Å². The largest absolute Gasteiger partial charge is 0.465 e. The van der Waals surface area contributed by atoms with E-state index in [1.807, 2.05) is 13.8 Å². The zero-order chi connectivity index (χ0) is 15.9. The van der Waals surface area contributed by atoms with Gasteiger partial charge in [0, 0.05) is 12.6 Å². The number of rotatable bonds is 11. The molecule has 1 fully saturated rings. The Balaban J connectivity index is 2.46. The summed E-state index contributed by atoms with van der Waals surface area (Å²) in [4.78, 5) is 14.7. The molecule has 4 nitrogen and oxygen atoms in total. The monoisotopic (exact) mass is 298 g/mol. The predicted molar refractivity (Wildman–Crippen MR) is 87.4 cm³/mol. The van der Waals surface area contributed by atoms with Crippen LogP contribution in [0.25, 0.3) is 0 Å². The van der Waals surface area contributed by atoms with E-state index in [0.29, 0.717) is 18.6 Å². The van der Waals surface area contributed by atoms with E-state index in [4.69, 9.17) is 4.74 Å². The van der Waals surface area contributed by atoms with Gasteiger partial charge in [-0.05, 0) is 58.5 Å². The quantitative estimate of drug-likeness (QED) is 0.596. The van der Waals surface area contributed by atoms with Crippen molar-refractivity contribution in [1.29, 1.82) is 0 Å². The minimum atomic E-state index is -0.519. The molecule has 0 amide bonds. The molecule has 1 rings (SSSR count). The molecule has 0 spiro atoms. The zero-order valence-electron chi connectivity index (χ0n) is 14.6. The van der Waals surface area contributed by atoms with Gasteiger partial charge in [0.2, 0.25) is 0 Å². The van der Waals surface area contributed by atoms with Crippen LogP contribution in [-0.2, 0) is 9.53 Å². The molecule has 4 heteroatoms. The molecule has 124 valence electrons. The summed E-state index contributed by atoms with van der Waals surface area (Å²) < 4.78 is 5.27. The average Bonchev–Trinajstić information content (AvgIpc) is 3.21. The lowest BCUT2D eigenvalue weighted by Gasteiger charge is -2.30. The summed E-state index contributed by atoms with van der Waals surface area (Å²) in [6, 6.07) is 0.511. The van der Waals surface area contributed by atoms with Gasteiger partial charge in [-0.2, -0.15) is 0 Å². The Morgan fingerprint density at radius 2 is 2.05 bits per heavy atom. The van der Waals surface area contributed by atoms with Crippen molar-refractivity contribution < 1.29 is 9.53 Å². The normalized spacial score (nSPS) is 18.0. The number of ether oxygens (including phenoxy) is 1. The number of nitrogens with zero attached hydrogens (tertiary/aromatic N) is 1. The van der Waals surface area contributed by atoms with Crippen LogP contribution in [0.5, 0.6) is 0 Å². The van der Waals surface area contributed by atoms with E-state index in [-0.39, 0.29) is 5.97 Å². The lowest BCUT2D eigenvalue weighted by atomic mass is 9.95. The second-order valence-corrected chi connectivity index (χ2v) is 6.86. The van der Waals surface area contributed by atoms with E-state index in [0.717, 1.165) is 32.5 Å². The van der Waals surface area contributed by atoms with Gasteiger partial charge in [-0.1, -0.05) is 20.8 Å². The molecular weight excluding hydrogens is 264 g/mol. The van der Waals surface area contributed by atoms with Crippen molar-refractivity contribution in [2.45, 2.75) is 71.9 Å². The van der Waals surface area contributed by atoms with Crippen molar-refractivity contribution in [2.24, 2.45) is 5.92 Å². The highest BCUT2D eigenvalue weighted by molar-refractivity contribution is 5.80. The fourth-order valence-corrected chi connectivity index (χ4v) is 2.75. The van der Waals surface area contributed by atoms with Crippen molar-refractivity contribution in [1.82, 2.24) is 10.2 Å². The molecule has 0 heterocycles. The molecular formula is C17H34N2O2. The summed E-state index contributed by atoms with van der Waals surface area (Å²) >= 11 is 0. The Labute approximate surface area is 130 Å². The van der Waals surface area contributed by atoms with Crippen molar-refractivity contribution in [3.05, 3.63) is 0 Å². The lowest BCUT2D eigenvalue weighted by Crippen LogP contribution is -2.51.